The SMILES string of the molecule is CN(C1=NCCN1)C1CCOC1. The average molecular weight is 169 g/mol. The average Bonchev–Trinajstić information content (AvgIpc) is 2.77. The lowest BCUT2D eigenvalue weighted by atomic mass is 10.2. The Bertz CT molecular complexity index is 187. The molecule has 0 aliphatic carbocycles. The van der Waals surface area contributed by atoms with Crippen molar-refractivity contribution in [3.63, 3.8) is 0 Å². The van der Waals surface area contributed by atoms with Crippen LogP contribution in [-0.2, 0) is 4.74 Å². The Hall–Kier alpha value is -0.770. The van der Waals surface area contributed by atoms with Crippen LogP contribution in [0, 0.1) is 0 Å². The topological polar surface area (TPSA) is 36.9 Å². The van der Waals surface area contributed by atoms with Gasteiger partial charge in [0, 0.05) is 20.2 Å². The van der Waals surface area contributed by atoms with E-state index in [0.29, 0.717) is 6.04 Å². The monoisotopic (exact) mass is 169 g/mol. The van der Waals surface area contributed by atoms with E-state index in [1.165, 1.54) is 0 Å². The zero-order valence-electron chi connectivity index (χ0n) is 7.42. The summed E-state index contributed by atoms with van der Waals surface area (Å²) in [5, 5.41) is 3.25. The van der Waals surface area contributed by atoms with Gasteiger partial charge in [0.2, 0.25) is 0 Å². The number of guanidine groups is 1. The Morgan fingerprint density at radius 2 is 2.58 bits per heavy atom. The number of nitrogens with zero attached hydrogens (tertiary/aromatic N) is 2. The van der Waals surface area contributed by atoms with Crippen molar-refractivity contribution in [2.75, 3.05) is 33.4 Å². The summed E-state index contributed by atoms with van der Waals surface area (Å²) in [5.41, 5.74) is 0. The second kappa shape index (κ2) is 3.31. The van der Waals surface area contributed by atoms with Crippen molar-refractivity contribution in [1.82, 2.24) is 10.2 Å². The number of likely N-dealkylation sites (N-methyl/N-ethyl adjacent to an activating group) is 1. The number of aliphatic imine (C=N–C) groups is 1. The minimum absolute atomic E-state index is 0.523. The molecule has 0 aromatic rings. The molecule has 2 heterocycles. The third kappa shape index (κ3) is 1.39. The summed E-state index contributed by atoms with van der Waals surface area (Å²) in [4.78, 5) is 6.55. The zero-order valence-corrected chi connectivity index (χ0v) is 7.42. The van der Waals surface area contributed by atoms with Crippen LogP contribution in [0.1, 0.15) is 6.42 Å². The summed E-state index contributed by atoms with van der Waals surface area (Å²) in [5.74, 6) is 1.03. The van der Waals surface area contributed by atoms with E-state index in [1.54, 1.807) is 0 Å². The first-order valence-corrected chi connectivity index (χ1v) is 4.47. The van der Waals surface area contributed by atoms with Crippen molar-refractivity contribution in [1.29, 1.82) is 0 Å². The third-order valence-corrected chi connectivity index (χ3v) is 2.44. The Labute approximate surface area is 72.6 Å². The summed E-state index contributed by atoms with van der Waals surface area (Å²) >= 11 is 0. The molecular formula is C8H15N3O. The highest BCUT2D eigenvalue weighted by atomic mass is 16.5. The highest BCUT2D eigenvalue weighted by Crippen LogP contribution is 2.11. The zero-order chi connectivity index (χ0) is 8.39. The Morgan fingerprint density at radius 1 is 1.67 bits per heavy atom. The molecule has 0 saturated carbocycles. The van der Waals surface area contributed by atoms with Gasteiger partial charge in [0.15, 0.2) is 5.96 Å². The first-order chi connectivity index (χ1) is 5.88. The van der Waals surface area contributed by atoms with E-state index >= 15 is 0 Å². The lowest BCUT2D eigenvalue weighted by Crippen LogP contribution is -2.42. The van der Waals surface area contributed by atoms with Crippen LogP contribution < -0.4 is 5.32 Å². The van der Waals surface area contributed by atoms with E-state index in [0.717, 1.165) is 38.7 Å². The van der Waals surface area contributed by atoms with Gasteiger partial charge < -0.3 is 15.0 Å². The molecule has 0 amide bonds. The lowest BCUT2D eigenvalue weighted by Gasteiger charge is -2.24. The summed E-state index contributed by atoms with van der Waals surface area (Å²) in [7, 11) is 2.08. The molecule has 12 heavy (non-hydrogen) atoms. The molecule has 1 fully saturated rings. The molecular weight excluding hydrogens is 154 g/mol. The van der Waals surface area contributed by atoms with E-state index < -0.39 is 0 Å². The third-order valence-electron chi connectivity index (χ3n) is 2.44. The fraction of sp³-hybridized carbons (Fsp3) is 0.875. The van der Waals surface area contributed by atoms with Gasteiger partial charge in [-0.3, -0.25) is 4.99 Å². The molecule has 4 heteroatoms. The number of rotatable bonds is 1. The van der Waals surface area contributed by atoms with Gasteiger partial charge in [-0.2, -0.15) is 0 Å². The standard InChI is InChI=1S/C8H15N3O/c1-11(7-2-5-12-6-7)8-9-3-4-10-8/h7H,2-6H2,1H3,(H,9,10). The van der Waals surface area contributed by atoms with Crippen molar-refractivity contribution >= 4 is 5.96 Å². The van der Waals surface area contributed by atoms with E-state index in [1.807, 2.05) is 0 Å². The molecule has 68 valence electrons. The van der Waals surface area contributed by atoms with Crippen molar-refractivity contribution in [3.8, 4) is 0 Å². The number of hydrogen-bond acceptors (Lipinski definition) is 4. The molecule has 2 aliphatic heterocycles. The number of hydrogen-bond donors (Lipinski definition) is 1. The maximum absolute atomic E-state index is 5.31. The predicted octanol–water partition coefficient (Wildman–Crippen LogP) is -0.334. The number of ether oxygens (including phenoxy) is 1. The summed E-state index contributed by atoms with van der Waals surface area (Å²) < 4.78 is 5.31. The van der Waals surface area contributed by atoms with Crippen LogP contribution in [-0.4, -0.2) is 50.3 Å². The van der Waals surface area contributed by atoms with Crippen LogP contribution in [0.4, 0.5) is 0 Å². The largest absolute Gasteiger partial charge is 0.379 e. The van der Waals surface area contributed by atoms with Crippen molar-refractivity contribution in [2.45, 2.75) is 12.5 Å². The molecule has 0 bridgehead atoms. The number of nitrogens with one attached hydrogen (secondary N) is 1. The second-order valence-corrected chi connectivity index (χ2v) is 3.26. The van der Waals surface area contributed by atoms with Gasteiger partial charge in [0.25, 0.3) is 0 Å². The van der Waals surface area contributed by atoms with Crippen molar-refractivity contribution in [3.05, 3.63) is 0 Å². The summed E-state index contributed by atoms with van der Waals surface area (Å²) in [6.45, 7) is 3.62. The molecule has 0 aromatic heterocycles. The van der Waals surface area contributed by atoms with Gasteiger partial charge in [0.05, 0.1) is 19.2 Å². The minimum Gasteiger partial charge on any atom is -0.379 e. The van der Waals surface area contributed by atoms with Gasteiger partial charge in [-0.15, -0.1) is 0 Å². The molecule has 2 aliphatic rings. The molecule has 0 aromatic carbocycles. The van der Waals surface area contributed by atoms with Gasteiger partial charge >= 0.3 is 0 Å². The normalized spacial score (nSPS) is 28.4. The highest BCUT2D eigenvalue weighted by molar-refractivity contribution is 5.81. The van der Waals surface area contributed by atoms with E-state index in [-0.39, 0.29) is 0 Å². The van der Waals surface area contributed by atoms with Crippen LogP contribution in [0.2, 0.25) is 0 Å². The summed E-state index contributed by atoms with van der Waals surface area (Å²) in [6.07, 6.45) is 1.12. The van der Waals surface area contributed by atoms with Crippen molar-refractivity contribution in [2.24, 2.45) is 4.99 Å². The van der Waals surface area contributed by atoms with Gasteiger partial charge in [-0.05, 0) is 6.42 Å². The molecule has 4 nitrogen and oxygen atoms in total. The molecule has 2 rings (SSSR count). The lowest BCUT2D eigenvalue weighted by molar-refractivity contribution is 0.178. The van der Waals surface area contributed by atoms with Crippen LogP contribution in [0.5, 0.6) is 0 Å². The molecule has 1 unspecified atom stereocenters. The molecule has 1 atom stereocenters. The van der Waals surface area contributed by atoms with Crippen molar-refractivity contribution < 1.29 is 4.74 Å². The fourth-order valence-electron chi connectivity index (χ4n) is 1.62. The highest BCUT2D eigenvalue weighted by Gasteiger charge is 2.23. The Morgan fingerprint density at radius 3 is 3.17 bits per heavy atom. The Balaban J connectivity index is 1.93. The van der Waals surface area contributed by atoms with E-state index in [4.69, 9.17) is 4.74 Å². The van der Waals surface area contributed by atoms with Gasteiger partial charge in [0.1, 0.15) is 0 Å². The smallest absolute Gasteiger partial charge is 0.194 e. The van der Waals surface area contributed by atoms with E-state index in [9.17, 15) is 0 Å². The van der Waals surface area contributed by atoms with Crippen LogP contribution in [0.25, 0.3) is 0 Å². The molecule has 1 N–H and O–H groups in total. The first-order valence-electron chi connectivity index (χ1n) is 4.47. The summed E-state index contributed by atoms with van der Waals surface area (Å²) in [6, 6.07) is 0.523. The fourth-order valence-corrected chi connectivity index (χ4v) is 1.62. The van der Waals surface area contributed by atoms with Crippen LogP contribution in [0.3, 0.4) is 0 Å². The minimum atomic E-state index is 0.523. The maximum atomic E-state index is 5.31. The van der Waals surface area contributed by atoms with E-state index in [2.05, 4.69) is 22.3 Å². The van der Waals surface area contributed by atoms with Gasteiger partial charge in [-0.25, -0.2) is 0 Å². The predicted molar refractivity (Wildman–Crippen MR) is 47.3 cm³/mol. The van der Waals surface area contributed by atoms with Crippen LogP contribution >= 0.6 is 0 Å². The molecule has 0 radical (unpaired) electrons. The maximum Gasteiger partial charge on any atom is 0.194 e. The quantitative estimate of drug-likeness (QED) is 0.584. The first kappa shape index (κ1) is 7.86. The van der Waals surface area contributed by atoms with Crippen LogP contribution in [0.15, 0.2) is 4.99 Å². The molecule has 1 saturated heterocycles. The van der Waals surface area contributed by atoms with Gasteiger partial charge in [-0.1, -0.05) is 0 Å². The Kier molecular flexibility index (Phi) is 2.17. The second-order valence-electron chi connectivity index (χ2n) is 3.26. The molecule has 0 spiro atoms.